The van der Waals surface area contributed by atoms with Crippen LogP contribution in [0, 0.1) is 5.92 Å². The summed E-state index contributed by atoms with van der Waals surface area (Å²) in [5, 5.41) is 7.17. The van der Waals surface area contributed by atoms with Crippen molar-refractivity contribution in [2.24, 2.45) is 5.92 Å². The summed E-state index contributed by atoms with van der Waals surface area (Å²) >= 11 is 0. The molecule has 0 amide bonds. The van der Waals surface area contributed by atoms with Gasteiger partial charge in [0.2, 0.25) is 11.7 Å². The topological polar surface area (TPSA) is 51.0 Å². The van der Waals surface area contributed by atoms with Gasteiger partial charge in [0.05, 0.1) is 5.56 Å². The van der Waals surface area contributed by atoms with Crippen LogP contribution in [-0.2, 0) is 12.6 Å². The van der Waals surface area contributed by atoms with Crippen LogP contribution in [0.2, 0.25) is 0 Å². The second-order valence-electron chi connectivity index (χ2n) is 5.84. The smallest absolute Gasteiger partial charge is 0.339 e. The second kappa shape index (κ2) is 7.98. The monoisotopic (exact) mass is 361 g/mol. The first-order valence-electron chi connectivity index (χ1n) is 7.73. The van der Waals surface area contributed by atoms with E-state index >= 15 is 0 Å². The lowest BCUT2D eigenvalue weighted by Gasteiger charge is -2.09. The molecule has 1 fully saturated rings. The number of benzene rings is 1. The highest BCUT2D eigenvalue weighted by Gasteiger charge is 2.30. The fraction of sp³-hybridized carbons (Fsp3) is 0.500. The quantitative estimate of drug-likeness (QED) is 0.893. The van der Waals surface area contributed by atoms with Gasteiger partial charge in [0.15, 0.2) is 0 Å². The lowest BCUT2D eigenvalue weighted by atomic mass is 9.97. The number of nitrogens with zero attached hydrogens (tertiary/aromatic N) is 2. The van der Waals surface area contributed by atoms with Gasteiger partial charge in [0.25, 0.3) is 0 Å². The first-order valence-corrected chi connectivity index (χ1v) is 7.73. The van der Waals surface area contributed by atoms with Crippen LogP contribution in [0.15, 0.2) is 28.8 Å². The van der Waals surface area contributed by atoms with Gasteiger partial charge < -0.3 is 9.84 Å². The minimum absolute atomic E-state index is 0. The zero-order chi connectivity index (χ0) is 16.3. The highest BCUT2D eigenvalue weighted by atomic mass is 35.5. The van der Waals surface area contributed by atoms with E-state index in [-0.39, 0.29) is 18.2 Å². The molecule has 1 aromatic heterocycles. The molecule has 24 heavy (non-hydrogen) atoms. The SMILES string of the molecule is Cl.FC(F)(F)c1cccc(-c2noc(CC3CCCNCC3)n2)c1. The predicted molar refractivity (Wildman–Crippen MR) is 85.9 cm³/mol. The van der Waals surface area contributed by atoms with Crippen molar-refractivity contribution in [3.05, 3.63) is 35.7 Å². The van der Waals surface area contributed by atoms with Crippen molar-refractivity contribution in [3.8, 4) is 11.4 Å². The molecule has 1 atom stereocenters. The molecular formula is C16H19ClF3N3O. The average Bonchev–Trinajstić information content (AvgIpc) is 2.83. The van der Waals surface area contributed by atoms with Gasteiger partial charge in [-0.25, -0.2) is 0 Å². The van der Waals surface area contributed by atoms with Crippen molar-refractivity contribution in [2.45, 2.75) is 31.9 Å². The number of aromatic nitrogens is 2. The summed E-state index contributed by atoms with van der Waals surface area (Å²) < 4.78 is 43.5. The number of rotatable bonds is 3. The van der Waals surface area contributed by atoms with E-state index in [9.17, 15) is 13.2 Å². The zero-order valence-electron chi connectivity index (χ0n) is 13.0. The fourth-order valence-corrected chi connectivity index (χ4v) is 2.83. The molecule has 1 saturated heterocycles. The van der Waals surface area contributed by atoms with Crippen LogP contribution >= 0.6 is 12.4 Å². The van der Waals surface area contributed by atoms with Crippen LogP contribution in [0.5, 0.6) is 0 Å². The molecule has 1 aliphatic heterocycles. The maximum Gasteiger partial charge on any atom is 0.416 e. The summed E-state index contributed by atoms with van der Waals surface area (Å²) in [6, 6.07) is 4.98. The molecule has 0 aliphatic carbocycles. The van der Waals surface area contributed by atoms with Crippen molar-refractivity contribution in [1.82, 2.24) is 15.5 Å². The fourth-order valence-electron chi connectivity index (χ4n) is 2.83. The lowest BCUT2D eigenvalue weighted by Crippen LogP contribution is -2.14. The van der Waals surface area contributed by atoms with Crippen molar-refractivity contribution in [3.63, 3.8) is 0 Å². The Hall–Kier alpha value is -1.60. The molecular weight excluding hydrogens is 343 g/mol. The minimum Gasteiger partial charge on any atom is -0.339 e. The van der Waals surface area contributed by atoms with Gasteiger partial charge in [-0.3, -0.25) is 0 Å². The predicted octanol–water partition coefficient (Wildman–Crippen LogP) is 4.11. The molecule has 1 aliphatic rings. The normalized spacial score (nSPS) is 18.7. The summed E-state index contributed by atoms with van der Waals surface area (Å²) in [6.07, 6.45) is -0.460. The van der Waals surface area contributed by atoms with Crippen LogP contribution in [0.25, 0.3) is 11.4 Å². The Morgan fingerprint density at radius 1 is 1.21 bits per heavy atom. The molecule has 1 aromatic carbocycles. The van der Waals surface area contributed by atoms with Gasteiger partial charge in [-0.1, -0.05) is 17.3 Å². The molecule has 0 saturated carbocycles. The second-order valence-corrected chi connectivity index (χ2v) is 5.84. The minimum atomic E-state index is -4.38. The summed E-state index contributed by atoms with van der Waals surface area (Å²) in [5.41, 5.74) is -0.395. The van der Waals surface area contributed by atoms with Crippen molar-refractivity contribution < 1.29 is 17.7 Å². The van der Waals surface area contributed by atoms with Gasteiger partial charge in [-0.2, -0.15) is 18.2 Å². The van der Waals surface area contributed by atoms with E-state index in [1.807, 2.05) is 0 Å². The molecule has 8 heteroatoms. The lowest BCUT2D eigenvalue weighted by molar-refractivity contribution is -0.137. The van der Waals surface area contributed by atoms with Crippen LogP contribution in [0.3, 0.4) is 0 Å². The third-order valence-corrected chi connectivity index (χ3v) is 4.07. The average molecular weight is 362 g/mol. The first-order chi connectivity index (χ1) is 11.0. The maximum absolute atomic E-state index is 12.8. The van der Waals surface area contributed by atoms with E-state index in [1.54, 1.807) is 6.07 Å². The Bertz CT molecular complexity index is 652. The number of hydrogen-bond acceptors (Lipinski definition) is 4. The van der Waals surface area contributed by atoms with E-state index in [1.165, 1.54) is 6.07 Å². The molecule has 3 rings (SSSR count). The molecule has 1 unspecified atom stereocenters. The molecule has 0 spiro atoms. The first kappa shape index (κ1) is 18.7. The highest BCUT2D eigenvalue weighted by Crippen LogP contribution is 2.31. The molecule has 2 aromatic rings. The Kier molecular flexibility index (Phi) is 6.23. The Labute approximate surface area is 144 Å². The van der Waals surface area contributed by atoms with E-state index < -0.39 is 11.7 Å². The standard InChI is InChI=1S/C16H18F3N3O.ClH/c17-16(18,19)13-5-1-4-12(10-13)15-21-14(23-22-15)9-11-3-2-7-20-8-6-11;/h1,4-5,10-11,20H,2-3,6-9H2;1H. The third-order valence-electron chi connectivity index (χ3n) is 4.07. The van der Waals surface area contributed by atoms with E-state index in [0.717, 1.165) is 44.5 Å². The van der Waals surface area contributed by atoms with Gasteiger partial charge in [0.1, 0.15) is 0 Å². The third kappa shape index (κ3) is 4.70. The molecule has 0 bridgehead atoms. The summed E-state index contributed by atoms with van der Waals surface area (Å²) in [5.74, 6) is 1.17. The number of nitrogens with one attached hydrogen (secondary N) is 1. The molecule has 4 nitrogen and oxygen atoms in total. The number of halogens is 4. The van der Waals surface area contributed by atoms with E-state index in [4.69, 9.17) is 4.52 Å². The molecule has 2 heterocycles. The Balaban J connectivity index is 0.00000208. The van der Waals surface area contributed by atoms with Crippen molar-refractivity contribution in [1.29, 1.82) is 0 Å². The van der Waals surface area contributed by atoms with Crippen LogP contribution < -0.4 is 5.32 Å². The highest BCUT2D eigenvalue weighted by molar-refractivity contribution is 5.85. The largest absolute Gasteiger partial charge is 0.416 e. The summed E-state index contributed by atoms with van der Waals surface area (Å²) in [7, 11) is 0. The van der Waals surface area contributed by atoms with Gasteiger partial charge in [0, 0.05) is 12.0 Å². The van der Waals surface area contributed by atoms with E-state index in [0.29, 0.717) is 23.8 Å². The van der Waals surface area contributed by atoms with E-state index in [2.05, 4.69) is 15.5 Å². The summed E-state index contributed by atoms with van der Waals surface area (Å²) in [4.78, 5) is 4.26. The van der Waals surface area contributed by atoms with Crippen LogP contribution in [0.4, 0.5) is 13.2 Å². The van der Waals surface area contributed by atoms with Crippen LogP contribution in [-0.4, -0.2) is 23.2 Å². The Morgan fingerprint density at radius 2 is 2.04 bits per heavy atom. The molecule has 1 N–H and O–H groups in total. The zero-order valence-corrected chi connectivity index (χ0v) is 13.8. The molecule has 0 radical (unpaired) electrons. The van der Waals surface area contributed by atoms with Crippen LogP contribution in [0.1, 0.15) is 30.7 Å². The number of hydrogen-bond donors (Lipinski definition) is 1. The maximum atomic E-state index is 12.8. The molecule has 132 valence electrons. The van der Waals surface area contributed by atoms with Gasteiger partial charge in [-0.15, -0.1) is 12.4 Å². The van der Waals surface area contributed by atoms with Crippen molar-refractivity contribution >= 4 is 12.4 Å². The number of alkyl halides is 3. The van der Waals surface area contributed by atoms with Crippen molar-refractivity contribution in [2.75, 3.05) is 13.1 Å². The van der Waals surface area contributed by atoms with Gasteiger partial charge >= 0.3 is 6.18 Å². The Morgan fingerprint density at radius 3 is 2.83 bits per heavy atom. The summed E-state index contributed by atoms with van der Waals surface area (Å²) in [6.45, 7) is 2.00. The van der Waals surface area contributed by atoms with Gasteiger partial charge in [-0.05, 0) is 50.4 Å².